The fourth-order valence-corrected chi connectivity index (χ4v) is 2.81. The molecular weight excluding hydrogens is 252 g/mol. The summed E-state index contributed by atoms with van der Waals surface area (Å²) in [6.07, 6.45) is 3.74. The van der Waals surface area contributed by atoms with Crippen molar-refractivity contribution in [1.82, 2.24) is 0 Å². The third kappa shape index (κ3) is 4.47. The summed E-state index contributed by atoms with van der Waals surface area (Å²) in [6, 6.07) is 8.96. The van der Waals surface area contributed by atoms with E-state index in [1.807, 2.05) is 0 Å². The van der Waals surface area contributed by atoms with E-state index in [2.05, 4.69) is 29.6 Å². The third-order valence-corrected chi connectivity index (χ3v) is 3.94. The first-order chi connectivity index (χ1) is 9.83. The number of methoxy groups -OCH3 is 1. The van der Waals surface area contributed by atoms with Crippen LogP contribution in [0.25, 0.3) is 0 Å². The molecule has 0 saturated heterocycles. The Balaban J connectivity index is 1.85. The molecule has 0 spiro atoms. The van der Waals surface area contributed by atoms with Gasteiger partial charge < -0.3 is 20.5 Å². The summed E-state index contributed by atoms with van der Waals surface area (Å²) in [6.45, 7) is 2.67. The zero-order valence-corrected chi connectivity index (χ0v) is 12.3. The SMILES string of the molecule is COCCOCc1cccc(NC2CCCC2CN)c1. The quantitative estimate of drug-likeness (QED) is 0.717. The summed E-state index contributed by atoms with van der Waals surface area (Å²) in [5.74, 6) is 0.608. The average molecular weight is 278 g/mol. The fourth-order valence-electron chi connectivity index (χ4n) is 2.81. The zero-order chi connectivity index (χ0) is 14.2. The minimum atomic E-state index is 0.518. The van der Waals surface area contributed by atoms with Gasteiger partial charge in [0.2, 0.25) is 0 Å². The van der Waals surface area contributed by atoms with Crippen LogP contribution in [0.5, 0.6) is 0 Å². The van der Waals surface area contributed by atoms with Gasteiger partial charge in [0.1, 0.15) is 0 Å². The number of rotatable bonds is 8. The smallest absolute Gasteiger partial charge is 0.0718 e. The molecule has 2 rings (SSSR count). The van der Waals surface area contributed by atoms with Gasteiger partial charge in [-0.05, 0) is 43.0 Å². The Hall–Kier alpha value is -1.10. The van der Waals surface area contributed by atoms with Crippen LogP contribution in [0.2, 0.25) is 0 Å². The van der Waals surface area contributed by atoms with Crippen LogP contribution < -0.4 is 11.1 Å². The molecule has 20 heavy (non-hydrogen) atoms. The van der Waals surface area contributed by atoms with E-state index < -0.39 is 0 Å². The van der Waals surface area contributed by atoms with Crippen molar-refractivity contribution in [3.8, 4) is 0 Å². The van der Waals surface area contributed by atoms with Crippen LogP contribution in [0, 0.1) is 5.92 Å². The molecule has 1 aliphatic rings. The molecule has 112 valence electrons. The molecule has 4 heteroatoms. The first-order valence-corrected chi connectivity index (χ1v) is 7.45. The molecule has 1 saturated carbocycles. The lowest BCUT2D eigenvalue weighted by molar-refractivity contribution is 0.0617. The Morgan fingerprint density at radius 1 is 1.30 bits per heavy atom. The monoisotopic (exact) mass is 278 g/mol. The van der Waals surface area contributed by atoms with Crippen LogP contribution >= 0.6 is 0 Å². The Kier molecular flexibility index (Phi) is 6.30. The van der Waals surface area contributed by atoms with Crippen LogP contribution in [-0.2, 0) is 16.1 Å². The van der Waals surface area contributed by atoms with Crippen LogP contribution in [0.1, 0.15) is 24.8 Å². The molecule has 1 aromatic rings. The summed E-state index contributed by atoms with van der Waals surface area (Å²) in [4.78, 5) is 0. The summed E-state index contributed by atoms with van der Waals surface area (Å²) >= 11 is 0. The number of anilines is 1. The summed E-state index contributed by atoms with van der Waals surface area (Å²) in [5, 5.41) is 3.62. The molecule has 0 heterocycles. The zero-order valence-electron chi connectivity index (χ0n) is 12.3. The maximum absolute atomic E-state index is 5.83. The Labute approximate surface area is 121 Å². The molecule has 0 aromatic heterocycles. The van der Waals surface area contributed by atoms with Gasteiger partial charge in [0.25, 0.3) is 0 Å². The first-order valence-electron chi connectivity index (χ1n) is 7.45. The highest BCUT2D eigenvalue weighted by Gasteiger charge is 2.25. The number of hydrogen-bond acceptors (Lipinski definition) is 4. The molecule has 1 aliphatic carbocycles. The van der Waals surface area contributed by atoms with E-state index in [1.54, 1.807) is 7.11 Å². The normalized spacial score (nSPS) is 22.1. The van der Waals surface area contributed by atoms with Gasteiger partial charge in [-0.3, -0.25) is 0 Å². The maximum atomic E-state index is 5.83. The van der Waals surface area contributed by atoms with Crippen LogP contribution in [0.3, 0.4) is 0 Å². The fraction of sp³-hybridized carbons (Fsp3) is 0.625. The van der Waals surface area contributed by atoms with Gasteiger partial charge >= 0.3 is 0 Å². The van der Waals surface area contributed by atoms with Gasteiger partial charge in [0, 0.05) is 18.8 Å². The molecule has 2 unspecified atom stereocenters. The number of nitrogens with two attached hydrogens (primary N) is 1. The third-order valence-electron chi connectivity index (χ3n) is 3.94. The van der Waals surface area contributed by atoms with E-state index in [1.165, 1.54) is 30.5 Å². The number of benzene rings is 1. The second kappa shape index (κ2) is 8.25. The Morgan fingerprint density at radius 3 is 3.00 bits per heavy atom. The topological polar surface area (TPSA) is 56.5 Å². The minimum Gasteiger partial charge on any atom is -0.382 e. The molecule has 0 radical (unpaired) electrons. The van der Waals surface area contributed by atoms with Gasteiger partial charge in [-0.1, -0.05) is 18.6 Å². The van der Waals surface area contributed by atoms with Gasteiger partial charge in [-0.25, -0.2) is 0 Å². The highest BCUT2D eigenvalue weighted by atomic mass is 16.5. The molecule has 4 nitrogen and oxygen atoms in total. The van der Waals surface area contributed by atoms with Crippen molar-refractivity contribution in [1.29, 1.82) is 0 Å². The van der Waals surface area contributed by atoms with Crippen LogP contribution in [0.4, 0.5) is 5.69 Å². The Bertz CT molecular complexity index is 398. The highest BCUT2D eigenvalue weighted by molar-refractivity contribution is 5.46. The van der Waals surface area contributed by atoms with E-state index in [0.717, 1.165) is 6.54 Å². The summed E-state index contributed by atoms with van der Waals surface area (Å²) in [5.41, 5.74) is 8.19. The van der Waals surface area contributed by atoms with Crippen molar-refractivity contribution in [3.05, 3.63) is 29.8 Å². The first kappa shape index (κ1) is 15.3. The lowest BCUT2D eigenvalue weighted by Gasteiger charge is -2.21. The second-order valence-corrected chi connectivity index (χ2v) is 5.42. The average Bonchev–Trinajstić information content (AvgIpc) is 2.91. The van der Waals surface area contributed by atoms with Crippen LogP contribution in [0.15, 0.2) is 24.3 Å². The second-order valence-electron chi connectivity index (χ2n) is 5.42. The molecule has 3 N–H and O–H groups in total. The predicted molar refractivity (Wildman–Crippen MR) is 81.8 cm³/mol. The standard InChI is InChI=1S/C16H26N2O2/c1-19-8-9-20-12-13-4-2-6-15(10-13)18-16-7-3-5-14(16)11-17/h2,4,6,10,14,16,18H,3,5,7-9,11-12,17H2,1H3. The molecular formula is C16H26N2O2. The predicted octanol–water partition coefficient (Wildman–Crippen LogP) is 2.39. The van der Waals surface area contributed by atoms with Crippen molar-refractivity contribution >= 4 is 5.69 Å². The maximum Gasteiger partial charge on any atom is 0.0718 e. The van der Waals surface area contributed by atoms with Gasteiger partial charge in [0.15, 0.2) is 0 Å². The van der Waals surface area contributed by atoms with Crippen LogP contribution in [-0.4, -0.2) is 32.9 Å². The Morgan fingerprint density at radius 2 is 2.20 bits per heavy atom. The van der Waals surface area contributed by atoms with Crippen molar-refractivity contribution in [2.24, 2.45) is 11.7 Å². The molecule has 0 aliphatic heterocycles. The largest absolute Gasteiger partial charge is 0.382 e. The van der Waals surface area contributed by atoms with E-state index in [9.17, 15) is 0 Å². The van der Waals surface area contributed by atoms with E-state index in [4.69, 9.17) is 15.2 Å². The van der Waals surface area contributed by atoms with Crippen molar-refractivity contribution in [2.75, 3.05) is 32.2 Å². The number of ether oxygens (including phenoxy) is 2. The van der Waals surface area contributed by atoms with Crippen molar-refractivity contribution in [3.63, 3.8) is 0 Å². The number of nitrogens with one attached hydrogen (secondary N) is 1. The lowest BCUT2D eigenvalue weighted by atomic mass is 10.0. The molecule has 0 bridgehead atoms. The number of hydrogen-bond donors (Lipinski definition) is 2. The van der Waals surface area contributed by atoms with Gasteiger partial charge in [-0.15, -0.1) is 0 Å². The van der Waals surface area contributed by atoms with Gasteiger partial charge in [0.05, 0.1) is 19.8 Å². The molecule has 2 atom stereocenters. The molecule has 0 amide bonds. The lowest BCUT2D eigenvalue weighted by Crippen LogP contribution is -2.29. The van der Waals surface area contributed by atoms with Crippen molar-refractivity contribution < 1.29 is 9.47 Å². The summed E-state index contributed by atoms with van der Waals surface area (Å²) in [7, 11) is 1.68. The minimum absolute atomic E-state index is 0.518. The summed E-state index contributed by atoms with van der Waals surface area (Å²) < 4.78 is 10.5. The van der Waals surface area contributed by atoms with E-state index in [-0.39, 0.29) is 0 Å². The van der Waals surface area contributed by atoms with Gasteiger partial charge in [-0.2, -0.15) is 0 Å². The van der Waals surface area contributed by atoms with Crippen molar-refractivity contribution in [2.45, 2.75) is 31.9 Å². The molecule has 1 fully saturated rings. The van der Waals surface area contributed by atoms with E-state index >= 15 is 0 Å². The molecule has 1 aromatic carbocycles. The van der Waals surface area contributed by atoms with E-state index in [0.29, 0.717) is 31.8 Å². The highest BCUT2D eigenvalue weighted by Crippen LogP contribution is 2.28.